The molecule has 130 valence electrons. The highest BCUT2D eigenvalue weighted by atomic mass is 16.5. The average Bonchev–Trinajstić information content (AvgIpc) is 3.23. The van der Waals surface area contributed by atoms with Gasteiger partial charge in [-0.1, -0.05) is 13.8 Å². The van der Waals surface area contributed by atoms with E-state index in [9.17, 15) is 5.26 Å². The summed E-state index contributed by atoms with van der Waals surface area (Å²) in [4.78, 5) is 13.3. The van der Waals surface area contributed by atoms with Crippen LogP contribution < -0.4 is 5.73 Å². The summed E-state index contributed by atoms with van der Waals surface area (Å²) in [6, 6.07) is 2.20. The highest BCUT2D eigenvalue weighted by Crippen LogP contribution is 2.59. The van der Waals surface area contributed by atoms with Crippen molar-refractivity contribution in [1.82, 2.24) is 15.0 Å². The van der Waals surface area contributed by atoms with Crippen LogP contribution in [-0.2, 0) is 11.2 Å². The second-order valence-corrected chi connectivity index (χ2v) is 7.25. The SMILES string of the molecule is COCCc1ncc(-c2c(C)c(C3CC3(C)C)nc(N)c2C#N)cn1. The van der Waals surface area contributed by atoms with Gasteiger partial charge in [0.1, 0.15) is 23.3 Å². The molecule has 1 unspecified atom stereocenters. The Morgan fingerprint density at radius 1 is 1.36 bits per heavy atom. The van der Waals surface area contributed by atoms with E-state index in [1.165, 1.54) is 0 Å². The van der Waals surface area contributed by atoms with E-state index in [4.69, 9.17) is 10.5 Å². The number of nitriles is 1. The summed E-state index contributed by atoms with van der Waals surface area (Å²) in [5.41, 5.74) is 10.3. The predicted molar refractivity (Wildman–Crippen MR) is 95.8 cm³/mol. The number of hydrogen-bond donors (Lipinski definition) is 1. The Morgan fingerprint density at radius 2 is 2.00 bits per heavy atom. The van der Waals surface area contributed by atoms with Gasteiger partial charge in [-0.2, -0.15) is 5.26 Å². The first kappa shape index (κ1) is 17.3. The monoisotopic (exact) mass is 337 g/mol. The molecule has 1 aliphatic carbocycles. The Bertz CT molecular complexity index is 836. The number of nitrogens with zero attached hydrogens (tertiary/aromatic N) is 4. The average molecular weight is 337 g/mol. The standard InChI is InChI=1S/C19H23N5O/c1-11-16(12-9-22-15(23-10-12)5-6-25-4)13(8-20)18(21)24-17(11)14-7-19(14,2)3/h9-10,14H,5-7H2,1-4H3,(H2,21,24). The molecule has 3 rings (SSSR count). The van der Waals surface area contributed by atoms with Crippen LogP contribution in [0.1, 0.15) is 48.8 Å². The van der Waals surface area contributed by atoms with E-state index in [-0.39, 0.29) is 11.2 Å². The van der Waals surface area contributed by atoms with Gasteiger partial charge in [-0.3, -0.25) is 0 Å². The van der Waals surface area contributed by atoms with E-state index in [1.54, 1.807) is 19.5 Å². The van der Waals surface area contributed by atoms with Crippen LogP contribution in [0.4, 0.5) is 5.82 Å². The van der Waals surface area contributed by atoms with Gasteiger partial charge in [0.2, 0.25) is 0 Å². The molecule has 2 heterocycles. The summed E-state index contributed by atoms with van der Waals surface area (Å²) in [5.74, 6) is 1.37. The number of hydrogen-bond acceptors (Lipinski definition) is 6. The van der Waals surface area contributed by atoms with Crippen molar-refractivity contribution >= 4 is 5.82 Å². The molecular formula is C19H23N5O. The molecular weight excluding hydrogens is 314 g/mol. The van der Waals surface area contributed by atoms with Gasteiger partial charge in [-0.15, -0.1) is 0 Å². The number of nitrogen functional groups attached to an aromatic ring is 1. The number of methoxy groups -OCH3 is 1. The van der Waals surface area contributed by atoms with Crippen LogP contribution in [0.3, 0.4) is 0 Å². The maximum atomic E-state index is 9.58. The lowest BCUT2D eigenvalue weighted by Gasteiger charge is -2.15. The van der Waals surface area contributed by atoms with Gasteiger partial charge >= 0.3 is 0 Å². The lowest BCUT2D eigenvalue weighted by Crippen LogP contribution is -2.07. The van der Waals surface area contributed by atoms with Crippen LogP contribution in [0, 0.1) is 23.7 Å². The molecule has 25 heavy (non-hydrogen) atoms. The largest absolute Gasteiger partial charge is 0.384 e. The summed E-state index contributed by atoms with van der Waals surface area (Å²) in [5, 5.41) is 9.58. The number of rotatable bonds is 5. The van der Waals surface area contributed by atoms with Gasteiger partial charge in [-0.25, -0.2) is 15.0 Å². The van der Waals surface area contributed by atoms with Crippen molar-refractivity contribution in [2.45, 2.75) is 39.5 Å². The van der Waals surface area contributed by atoms with Crippen molar-refractivity contribution in [3.05, 3.63) is 35.0 Å². The predicted octanol–water partition coefficient (Wildman–Crippen LogP) is 3.00. The minimum Gasteiger partial charge on any atom is -0.384 e. The fraction of sp³-hybridized carbons (Fsp3) is 0.474. The van der Waals surface area contributed by atoms with E-state index in [0.29, 0.717) is 30.3 Å². The molecule has 0 spiro atoms. The summed E-state index contributed by atoms with van der Waals surface area (Å²) in [7, 11) is 1.65. The van der Waals surface area contributed by atoms with Crippen LogP contribution >= 0.6 is 0 Å². The fourth-order valence-corrected chi connectivity index (χ4v) is 3.27. The second kappa shape index (κ2) is 6.41. The minimum absolute atomic E-state index is 0.232. The van der Waals surface area contributed by atoms with Gasteiger partial charge in [0.05, 0.1) is 12.3 Å². The van der Waals surface area contributed by atoms with E-state index in [1.807, 2.05) is 6.92 Å². The van der Waals surface area contributed by atoms with E-state index >= 15 is 0 Å². The van der Waals surface area contributed by atoms with Gasteiger partial charge in [0, 0.05) is 43.0 Å². The molecule has 0 saturated heterocycles. The van der Waals surface area contributed by atoms with Crippen LogP contribution in [0.15, 0.2) is 12.4 Å². The van der Waals surface area contributed by atoms with Crippen LogP contribution in [0.25, 0.3) is 11.1 Å². The van der Waals surface area contributed by atoms with Crippen LogP contribution in [0.2, 0.25) is 0 Å². The second-order valence-electron chi connectivity index (χ2n) is 7.25. The zero-order chi connectivity index (χ0) is 18.2. The first-order valence-corrected chi connectivity index (χ1v) is 8.39. The Hall–Kier alpha value is -2.52. The third-order valence-corrected chi connectivity index (χ3v) is 4.99. The molecule has 2 N–H and O–H groups in total. The van der Waals surface area contributed by atoms with Crippen molar-refractivity contribution in [3.63, 3.8) is 0 Å². The zero-order valence-corrected chi connectivity index (χ0v) is 15.1. The first-order valence-electron chi connectivity index (χ1n) is 8.39. The first-order chi connectivity index (χ1) is 11.9. The van der Waals surface area contributed by atoms with Crippen LogP contribution in [0.5, 0.6) is 0 Å². The van der Waals surface area contributed by atoms with E-state index in [0.717, 1.165) is 28.8 Å². The highest BCUT2D eigenvalue weighted by Gasteiger charge is 2.48. The third kappa shape index (κ3) is 3.20. The lowest BCUT2D eigenvalue weighted by atomic mass is 9.93. The molecule has 2 aromatic heterocycles. The molecule has 1 atom stereocenters. The molecule has 1 aliphatic rings. The van der Waals surface area contributed by atoms with Gasteiger partial charge in [0.25, 0.3) is 0 Å². The Morgan fingerprint density at radius 3 is 2.52 bits per heavy atom. The van der Waals surface area contributed by atoms with E-state index in [2.05, 4.69) is 34.9 Å². The van der Waals surface area contributed by atoms with Crippen LogP contribution in [-0.4, -0.2) is 28.7 Å². The minimum atomic E-state index is 0.232. The third-order valence-electron chi connectivity index (χ3n) is 4.99. The smallest absolute Gasteiger partial charge is 0.142 e. The van der Waals surface area contributed by atoms with Gasteiger partial charge in [-0.05, 0) is 24.3 Å². The molecule has 0 bridgehead atoms. The Kier molecular flexibility index (Phi) is 4.44. The summed E-state index contributed by atoms with van der Waals surface area (Å²) in [6.45, 7) is 7.03. The fourth-order valence-electron chi connectivity index (χ4n) is 3.27. The Labute approximate surface area is 148 Å². The molecule has 0 aromatic carbocycles. The maximum absolute atomic E-state index is 9.58. The highest BCUT2D eigenvalue weighted by molar-refractivity contribution is 5.78. The summed E-state index contributed by atoms with van der Waals surface area (Å²) < 4.78 is 5.05. The molecule has 0 amide bonds. The molecule has 6 nitrogen and oxygen atoms in total. The molecule has 0 radical (unpaired) electrons. The van der Waals surface area contributed by atoms with Gasteiger partial charge < -0.3 is 10.5 Å². The summed E-state index contributed by atoms with van der Waals surface area (Å²) in [6.07, 6.45) is 5.24. The molecule has 1 saturated carbocycles. The van der Waals surface area contributed by atoms with Crippen molar-refractivity contribution in [2.75, 3.05) is 19.5 Å². The number of aromatic nitrogens is 3. The molecule has 0 aliphatic heterocycles. The van der Waals surface area contributed by atoms with Gasteiger partial charge in [0.15, 0.2) is 0 Å². The molecule has 2 aromatic rings. The zero-order valence-electron chi connectivity index (χ0n) is 15.1. The summed E-state index contributed by atoms with van der Waals surface area (Å²) >= 11 is 0. The van der Waals surface area contributed by atoms with Crippen molar-refractivity contribution in [1.29, 1.82) is 5.26 Å². The van der Waals surface area contributed by atoms with Crippen molar-refractivity contribution in [2.24, 2.45) is 5.41 Å². The number of ether oxygens (including phenoxy) is 1. The number of anilines is 1. The molecule has 6 heteroatoms. The normalized spacial score (nSPS) is 18.0. The number of pyridine rings is 1. The van der Waals surface area contributed by atoms with E-state index < -0.39 is 0 Å². The molecule has 1 fully saturated rings. The van der Waals surface area contributed by atoms with Crippen molar-refractivity contribution in [3.8, 4) is 17.2 Å². The quantitative estimate of drug-likeness (QED) is 0.900. The lowest BCUT2D eigenvalue weighted by molar-refractivity contribution is 0.200. The van der Waals surface area contributed by atoms with Crippen molar-refractivity contribution < 1.29 is 4.74 Å². The Balaban J connectivity index is 2.07. The topological polar surface area (TPSA) is 97.7 Å². The maximum Gasteiger partial charge on any atom is 0.142 e. The number of nitrogens with two attached hydrogens (primary N) is 1.